The molecule has 5 heteroatoms. The second-order valence-corrected chi connectivity index (χ2v) is 7.07. The van der Waals surface area contributed by atoms with Gasteiger partial charge in [-0.3, -0.25) is 0 Å². The first kappa shape index (κ1) is 16.3. The van der Waals surface area contributed by atoms with Crippen molar-refractivity contribution in [3.63, 3.8) is 0 Å². The van der Waals surface area contributed by atoms with Gasteiger partial charge in [0.05, 0.1) is 5.69 Å². The molecule has 0 fully saturated rings. The fourth-order valence-electron chi connectivity index (χ4n) is 2.59. The van der Waals surface area contributed by atoms with Crippen LogP contribution in [0.5, 0.6) is 5.75 Å². The number of nitrogens with zero attached hydrogens (tertiary/aromatic N) is 3. The Morgan fingerprint density at radius 1 is 1.17 bits per heavy atom. The third kappa shape index (κ3) is 3.67. The van der Waals surface area contributed by atoms with E-state index < -0.39 is 0 Å². The molecule has 0 atom stereocenters. The van der Waals surface area contributed by atoms with Crippen molar-refractivity contribution in [3.8, 4) is 5.75 Å². The quantitative estimate of drug-likeness (QED) is 0.784. The summed E-state index contributed by atoms with van der Waals surface area (Å²) in [4.78, 5) is 4.44. The Bertz CT molecular complexity index is 861. The number of ether oxygens (including phenoxy) is 1. The van der Waals surface area contributed by atoms with Crippen LogP contribution < -0.4 is 10.1 Å². The number of nitrogens with one attached hydrogen (secondary N) is 1. The molecule has 0 unspecified atom stereocenters. The van der Waals surface area contributed by atoms with Gasteiger partial charge < -0.3 is 10.1 Å². The van der Waals surface area contributed by atoms with Gasteiger partial charge in [0.15, 0.2) is 5.82 Å². The molecule has 5 nitrogen and oxygen atoms in total. The van der Waals surface area contributed by atoms with Crippen molar-refractivity contribution in [2.24, 2.45) is 0 Å². The average molecular weight is 324 g/mol. The standard InChI is InChI=1S/C19H24N4O/c1-13-6-7-15(17(10-13)24-19(3,4)5)12-21-18-16-11-14(2)22-23(16)9-8-20-18/h6-11H,12H2,1-5H3,(H,20,21). The first-order chi connectivity index (χ1) is 11.3. The Labute approximate surface area is 142 Å². The van der Waals surface area contributed by atoms with Crippen molar-refractivity contribution in [1.82, 2.24) is 14.6 Å². The van der Waals surface area contributed by atoms with Gasteiger partial charge in [0.2, 0.25) is 0 Å². The number of rotatable bonds is 4. The first-order valence-electron chi connectivity index (χ1n) is 8.15. The SMILES string of the molecule is Cc1ccc(CNc2nccn3nc(C)cc23)c(OC(C)(C)C)c1. The summed E-state index contributed by atoms with van der Waals surface area (Å²) in [6, 6.07) is 8.31. The molecule has 0 aliphatic carbocycles. The Balaban J connectivity index is 1.86. The summed E-state index contributed by atoms with van der Waals surface area (Å²) in [5, 5.41) is 7.83. The number of fused-ring (bicyclic) bond motifs is 1. The Hall–Kier alpha value is -2.56. The summed E-state index contributed by atoms with van der Waals surface area (Å²) in [6.07, 6.45) is 3.61. The minimum absolute atomic E-state index is 0.233. The summed E-state index contributed by atoms with van der Waals surface area (Å²) in [5.41, 5.74) is 4.00. The van der Waals surface area contributed by atoms with E-state index in [-0.39, 0.29) is 5.60 Å². The maximum Gasteiger partial charge on any atom is 0.152 e. The van der Waals surface area contributed by atoms with Gasteiger partial charge in [-0.1, -0.05) is 12.1 Å². The Morgan fingerprint density at radius 2 is 1.96 bits per heavy atom. The van der Waals surface area contributed by atoms with Crippen molar-refractivity contribution in [2.75, 3.05) is 5.32 Å². The summed E-state index contributed by atoms with van der Waals surface area (Å²) in [5.74, 6) is 1.73. The molecule has 2 aromatic heterocycles. The number of benzene rings is 1. The number of hydrogen-bond donors (Lipinski definition) is 1. The van der Waals surface area contributed by atoms with Gasteiger partial charge in [0.25, 0.3) is 0 Å². The number of hydrogen-bond acceptors (Lipinski definition) is 4. The van der Waals surface area contributed by atoms with Crippen LogP contribution in [0.4, 0.5) is 5.82 Å². The first-order valence-corrected chi connectivity index (χ1v) is 8.15. The lowest BCUT2D eigenvalue weighted by Crippen LogP contribution is -2.24. The fourth-order valence-corrected chi connectivity index (χ4v) is 2.59. The van der Waals surface area contributed by atoms with Gasteiger partial charge in [-0.25, -0.2) is 9.50 Å². The monoisotopic (exact) mass is 324 g/mol. The number of aryl methyl sites for hydroxylation is 2. The summed E-state index contributed by atoms with van der Waals surface area (Å²) >= 11 is 0. The van der Waals surface area contributed by atoms with E-state index in [1.807, 2.05) is 23.7 Å². The van der Waals surface area contributed by atoms with Crippen LogP contribution >= 0.6 is 0 Å². The van der Waals surface area contributed by atoms with E-state index in [4.69, 9.17) is 4.74 Å². The Kier molecular flexibility index (Phi) is 4.18. The maximum atomic E-state index is 6.12. The van der Waals surface area contributed by atoms with E-state index in [9.17, 15) is 0 Å². The highest BCUT2D eigenvalue weighted by Crippen LogP contribution is 2.26. The van der Waals surface area contributed by atoms with E-state index in [0.29, 0.717) is 6.54 Å². The summed E-state index contributed by atoms with van der Waals surface area (Å²) in [6.45, 7) is 10.9. The molecule has 0 aliphatic heterocycles. The van der Waals surface area contributed by atoms with E-state index >= 15 is 0 Å². The van der Waals surface area contributed by atoms with Crippen LogP contribution in [0, 0.1) is 13.8 Å². The summed E-state index contributed by atoms with van der Waals surface area (Å²) < 4.78 is 7.96. The minimum Gasteiger partial charge on any atom is -0.488 e. The molecule has 0 amide bonds. The van der Waals surface area contributed by atoms with E-state index in [0.717, 1.165) is 28.3 Å². The summed E-state index contributed by atoms with van der Waals surface area (Å²) in [7, 11) is 0. The van der Waals surface area contributed by atoms with Gasteiger partial charge in [0.1, 0.15) is 16.9 Å². The maximum absolute atomic E-state index is 6.12. The lowest BCUT2D eigenvalue weighted by Gasteiger charge is -2.24. The van der Waals surface area contributed by atoms with E-state index in [1.165, 1.54) is 5.56 Å². The van der Waals surface area contributed by atoms with Crippen LogP contribution in [0.3, 0.4) is 0 Å². The lowest BCUT2D eigenvalue weighted by atomic mass is 10.1. The molecular formula is C19H24N4O. The molecule has 2 heterocycles. The normalized spacial score (nSPS) is 11.7. The van der Waals surface area contributed by atoms with Crippen molar-refractivity contribution >= 4 is 11.3 Å². The highest BCUT2D eigenvalue weighted by Gasteiger charge is 2.15. The molecule has 24 heavy (non-hydrogen) atoms. The molecule has 0 saturated heterocycles. The van der Waals surface area contributed by atoms with Crippen LogP contribution in [0.15, 0.2) is 36.7 Å². The Morgan fingerprint density at radius 3 is 2.71 bits per heavy atom. The second-order valence-electron chi connectivity index (χ2n) is 7.07. The third-order valence-corrected chi connectivity index (χ3v) is 3.60. The van der Waals surface area contributed by atoms with Gasteiger partial charge in [-0.15, -0.1) is 0 Å². The number of aromatic nitrogens is 3. The molecule has 1 aromatic carbocycles. The molecule has 126 valence electrons. The average Bonchev–Trinajstić information content (AvgIpc) is 2.85. The second kappa shape index (κ2) is 6.15. The fraction of sp³-hybridized carbons (Fsp3) is 0.368. The zero-order chi connectivity index (χ0) is 17.3. The smallest absolute Gasteiger partial charge is 0.152 e. The van der Waals surface area contributed by atoms with Crippen molar-refractivity contribution < 1.29 is 4.74 Å². The van der Waals surface area contributed by atoms with E-state index in [1.54, 1.807) is 6.20 Å². The van der Waals surface area contributed by atoms with Crippen LogP contribution in [0.1, 0.15) is 37.6 Å². The molecular weight excluding hydrogens is 300 g/mol. The van der Waals surface area contributed by atoms with Crippen molar-refractivity contribution in [3.05, 3.63) is 53.5 Å². The minimum atomic E-state index is -0.233. The molecule has 0 bridgehead atoms. The van der Waals surface area contributed by atoms with Gasteiger partial charge in [0, 0.05) is 24.5 Å². The van der Waals surface area contributed by atoms with Gasteiger partial charge in [-0.05, 0) is 52.3 Å². The van der Waals surface area contributed by atoms with Crippen LogP contribution in [-0.4, -0.2) is 20.2 Å². The van der Waals surface area contributed by atoms with Gasteiger partial charge in [-0.2, -0.15) is 5.10 Å². The molecule has 0 spiro atoms. The molecule has 0 saturated carbocycles. The zero-order valence-electron chi connectivity index (χ0n) is 14.9. The highest BCUT2D eigenvalue weighted by atomic mass is 16.5. The van der Waals surface area contributed by atoms with Crippen LogP contribution in [0.25, 0.3) is 5.52 Å². The largest absolute Gasteiger partial charge is 0.488 e. The van der Waals surface area contributed by atoms with Crippen LogP contribution in [0.2, 0.25) is 0 Å². The molecule has 3 rings (SSSR count). The molecule has 0 radical (unpaired) electrons. The molecule has 0 aliphatic rings. The zero-order valence-corrected chi connectivity index (χ0v) is 14.9. The van der Waals surface area contributed by atoms with Crippen molar-refractivity contribution in [1.29, 1.82) is 0 Å². The van der Waals surface area contributed by atoms with E-state index in [2.05, 4.69) is 61.3 Å². The topological polar surface area (TPSA) is 51.5 Å². The van der Waals surface area contributed by atoms with Crippen molar-refractivity contribution in [2.45, 2.75) is 46.8 Å². The molecule has 1 N–H and O–H groups in total. The van der Waals surface area contributed by atoms with Gasteiger partial charge >= 0.3 is 0 Å². The predicted molar refractivity (Wildman–Crippen MR) is 96.6 cm³/mol. The number of anilines is 1. The third-order valence-electron chi connectivity index (χ3n) is 3.60. The highest BCUT2D eigenvalue weighted by molar-refractivity contribution is 5.67. The predicted octanol–water partition coefficient (Wildman–Crippen LogP) is 4.14. The molecule has 3 aromatic rings. The van der Waals surface area contributed by atoms with Crippen LogP contribution in [-0.2, 0) is 6.54 Å². The lowest BCUT2D eigenvalue weighted by molar-refractivity contribution is 0.129.